The first kappa shape index (κ1) is 19.6. The molecule has 0 unspecified atom stereocenters. The molecule has 1 aliphatic carbocycles. The Balaban J connectivity index is 1.59. The maximum absolute atomic E-state index is 13.7. The Morgan fingerprint density at radius 1 is 0.871 bits per heavy atom. The van der Waals surface area contributed by atoms with Crippen LogP contribution in [-0.2, 0) is 11.3 Å². The van der Waals surface area contributed by atoms with Crippen LogP contribution in [0.2, 0.25) is 0 Å². The summed E-state index contributed by atoms with van der Waals surface area (Å²) in [4.78, 5) is 29.4. The number of carbonyl (C=O) groups is 2. The Morgan fingerprint density at radius 3 is 2.19 bits per heavy atom. The predicted molar refractivity (Wildman–Crippen MR) is 122 cm³/mol. The summed E-state index contributed by atoms with van der Waals surface area (Å²) >= 11 is 0. The van der Waals surface area contributed by atoms with Gasteiger partial charge in [-0.2, -0.15) is 0 Å². The number of hydrogen-bond donors (Lipinski definition) is 1. The van der Waals surface area contributed by atoms with Gasteiger partial charge in [-0.05, 0) is 42.2 Å². The molecule has 1 N–H and O–H groups in total. The topological polar surface area (TPSA) is 49.4 Å². The lowest BCUT2D eigenvalue weighted by molar-refractivity contribution is -0.124. The molecule has 31 heavy (non-hydrogen) atoms. The van der Waals surface area contributed by atoms with Gasteiger partial charge in [-0.1, -0.05) is 79.6 Å². The van der Waals surface area contributed by atoms with E-state index in [1.807, 2.05) is 89.8 Å². The summed E-state index contributed by atoms with van der Waals surface area (Å²) in [6.45, 7) is 0.480. The lowest BCUT2D eigenvalue weighted by atomic mass is 9.70. The van der Waals surface area contributed by atoms with Crippen LogP contribution in [0.3, 0.4) is 0 Å². The second-order valence-corrected chi connectivity index (χ2v) is 8.51. The van der Waals surface area contributed by atoms with Crippen molar-refractivity contribution in [3.63, 3.8) is 0 Å². The molecule has 5 rings (SSSR count). The van der Waals surface area contributed by atoms with Crippen LogP contribution in [0.5, 0.6) is 0 Å². The van der Waals surface area contributed by atoms with E-state index >= 15 is 0 Å². The SMILES string of the molecule is O=C(NCc1ccccc1)[C@H]1c2ccccc2C(=O)N(c2ccccc2)C12CCCC2. The molecule has 156 valence electrons. The van der Waals surface area contributed by atoms with E-state index in [1.54, 1.807) is 0 Å². The van der Waals surface area contributed by atoms with Crippen LogP contribution in [0.15, 0.2) is 84.9 Å². The van der Waals surface area contributed by atoms with Crippen LogP contribution in [0.4, 0.5) is 5.69 Å². The maximum atomic E-state index is 13.7. The van der Waals surface area contributed by atoms with Gasteiger partial charge in [-0.25, -0.2) is 0 Å². The molecule has 0 bridgehead atoms. The zero-order valence-electron chi connectivity index (χ0n) is 17.5. The first-order valence-electron chi connectivity index (χ1n) is 11.0. The summed E-state index contributed by atoms with van der Waals surface area (Å²) < 4.78 is 0. The van der Waals surface area contributed by atoms with E-state index in [-0.39, 0.29) is 11.8 Å². The third-order valence-electron chi connectivity index (χ3n) is 6.74. The number of fused-ring (bicyclic) bond motifs is 1. The number of para-hydroxylation sites is 1. The minimum atomic E-state index is -0.534. The van der Waals surface area contributed by atoms with Crippen LogP contribution >= 0.6 is 0 Å². The monoisotopic (exact) mass is 410 g/mol. The summed E-state index contributed by atoms with van der Waals surface area (Å²) in [6, 6.07) is 27.4. The maximum Gasteiger partial charge on any atom is 0.259 e. The molecular formula is C27H26N2O2. The van der Waals surface area contributed by atoms with Crippen molar-refractivity contribution in [2.24, 2.45) is 0 Å². The molecule has 1 fully saturated rings. The Kier molecular flexibility index (Phi) is 5.06. The molecule has 1 aliphatic heterocycles. The van der Waals surface area contributed by atoms with Crippen molar-refractivity contribution in [3.8, 4) is 0 Å². The van der Waals surface area contributed by atoms with Crippen molar-refractivity contribution in [2.45, 2.75) is 43.7 Å². The molecule has 3 aromatic rings. The van der Waals surface area contributed by atoms with Gasteiger partial charge in [0.25, 0.3) is 5.91 Å². The van der Waals surface area contributed by atoms with Crippen molar-refractivity contribution >= 4 is 17.5 Å². The number of nitrogens with zero attached hydrogens (tertiary/aromatic N) is 1. The number of nitrogens with one attached hydrogen (secondary N) is 1. The average molecular weight is 411 g/mol. The fourth-order valence-corrected chi connectivity index (χ4v) is 5.41. The van der Waals surface area contributed by atoms with Gasteiger partial charge in [0, 0.05) is 17.8 Å². The first-order valence-corrected chi connectivity index (χ1v) is 11.0. The minimum Gasteiger partial charge on any atom is -0.351 e. The quantitative estimate of drug-likeness (QED) is 0.654. The Morgan fingerprint density at radius 2 is 1.48 bits per heavy atom. The third-order valence-corrected chi connectivity index (χ3v) is 6.74. The fourth-order valence-electron chi connectivity index (χ4n) is 5.41. The lowest BCUT2D eigenvalue weighted by Gasteiger charge is -2.50. The van der Waals surface area contributed by atoms with Crippen LogP contribution in [-0.4, -0.2) is 17.4 Å². The summed E-state index contributed by atoms with van der Waals surface area (Å²) in [6.07, 6.45) is 3.68. The largest absolute Gasteiger partial charge is 0.351 e. The number of amides is 2. The van der Waals surface area contributed by atoms with E-state index in [1.165, 1.54) is 0 Å². The van der Waals surface area contributed by atoms with Gasteiger partial charge >= 0.3 is 0 Å². The van der Waals surface area contributed by atoms with E-state index in [0.29, 0.717) is 12.1 Å². The summed E-state index contributed by atoms with van der Waals surface area (Å²) in [5.74, 6) is -0.407. The average Bonchev–Trinajstić information content (AvgIpc) is 3.28. The zero-order chi connectivity index (χ0) is 21.3. The zero-order valence-corrected chi connectivity index (χ0v) is 17.5. The molecule has 2 aliphatic rings. The molecule has 0 radical (unpaired) electrons. The standard InChI is InChI=1S/C27H26N2O2/c30-25(28-19-20-11-3-1-4-12-20)24-22-15-7-8-16-23(22)26(31)29(21-13-5-2-6-14-21)27(24)17-9-10-18-27/h1-8,11-16,24H,9-10,17-19H2,(H,28,30)/t24-/m1/s1. The highest BCUT2D eigenvalue weighted by Gasteiger charge is 2.56. The van der Waals surface area contributed by atoms with E-state index < -0.39 is 11.5 Å². The van der Waals surface area contributed by atoms with Crippen molar-refractivity contribution in [1.29, 1.82) is 0 Å². The molecule has 1 heterocycles. The lowest BCUT2D eigenvalue weighted by Crippen LogP contribution is -2.61. The molecule has 2 amide bonds. The second-order valence-electron chi connectivity index (χ2n) is 8.51. The number of rotatable bonds is 4. The molecular weight excluding hydrogens is 384 g/mol. The van der Waals surface area contributed by atoms with Crippen molar-refractivity contribution in [1.82, 2.24) is 5.32 Å². The van der Waals surface area contributed by atoms with Crippen molar-refractivity contribution in [2.75, 3.05) is 4.90 Å². The highest BCUT2D eigenvalue weighted by molar-refractivity contribution is 6.12. The molecule has 1 atom stereocenters. The minimum absolute atomic E-state index is 0.00388. The van der Waals surface area contributed by atoms with Crippen LogP contribution in [0, 0.1) is 0 Å². The van der Waals surface area contributed by atoms with Gasteiger partial charge in [0.2, 0.25) is 5.91 Å². The summed E-state index contributed by atoms with van der Waals surface area (Å²) in [5.41, 5.74) is 2.88. The van der Waals surface area contributed by atoms with Gasteiger partial charge < -0.3 is 10.2 Å². The van der Waals surface area contributed by atoms with Crippen LogP contribution < -0.4 is 10.2 Å². The van der Waals surface area contributed by atoms with E-state index in [4.69, 9.17) is 0 Å². The molecule has 1 saturated carbocycles. The van der Waals surface area contributed by atoms with Gasteiger partial charge in [-0.3, -0.25) is 9.59 Å². The molecule has 4 nitrogen and oxygen atoms in total. The Bertz CT molecular complexity index is 1090. The summed E-state index contributed by atoms with van der Waals surface area (Å²) in [5, 5.41) is 3.17. The third kappa shape index (κ3) is 3.32. The molecule has 3 aromatic carbocycles. The predicted octanol–water partition coefficient (Wildman–Crippen LogP) is 5.06. The van der Waals surface area contributed by atoms with Crippen molar-refractivity contribution < 1.29 is 9.59 Å². The highest BCUT2D eigenvalue weighted by Crippen LogP contribution is 2.51. The smallest absolute Gasteiger partial charge is 0.259 e. The second kappa shape index (κ2) is 8.03. The van der Waals surface area contributed by atoms with E-state index in [2.05, 4.69) is 5.32 Å². The van der Waals surface area contributed by atoms with Gasteiger partial charge in [0.1, 0.15) is 0 Å². The van der Waals surface area contributed by atoms with Crippen molar-refractivity contribution in [3.05, 3.63) is 102 Å². The highest BCUT2D eigenvalue weighted by atomic mass is 16.2. The first-order chi connectivity index (χ1) is 15.2. The molecule has 0 aromatic heterocycles. The fraction of sp³-hybridized carbons (Fsp3) is 0.259. The van der Waals surface area contributed by atoms with E-state index in [0.717, 1.165) is 42.5 Å². The normalized spacial score (nSPS) is 19.3. The van der Waals surface area contributed by atoms with Gasteiger partial charge in [-0.15, -0.1) is 0 Å². The van der Waals surface area contributed by atoms with Gasteiger partial charge in [0.05, 0.1) is 11.5 Å². The van der Waals surface area contributed by atoms with Crippen LogP contribution in [0.25, 0.3) is 0 Å². The Labute approximate surface area is 182 Å². The number of benzene rings is 3. The van der Waals surface area contributed by atoms with E-state index in [9.17, 15) is 9.59 Å². The molecule has 0 saturated heterocycles. The molecule has 4 heteroatoms. The van der Waals surface area contributed by atoms with Gasteiger partial charge in [0.15, 0.2) is 0 Å². The summed E-state index contributed by atoms with van der Waals surface area (Å²) in [7, 11) is 0. The number of hydrogen-bond acceptors (Lipinski definition) is 2. The van der Waals surface area contributed by atoms with Crippen LogP contribution in [0.1, 0.15) is 53.1 Å². The number of carbonyl (C=O) groups excluding carboxylic acids is 2. The molecule has 1 spiro atoms. The Hall–Kier alpha value is -3.40. The number of anilines is 1.